The second kappa shape index (κ2) is 12.8. The largest absolute Gasteiger partial charge is 0.462 e. The Morgan fingerprint density at radius 3 is 2.64 bits per heavy atom. The topological polar surface area (TPSA) is 68.2 Å². The number of likely N-dealkylation sites (tertiary alicyclic amines) is 1. The van der Waals surface area contributed by atoms with Crippen molar-refractivity contribution in [1.29, 1.82) is 0 Å². The molecule has 0 aromatic heterocycles. The minimum absolute atomic E-state index is 0.0289. The molecule has 2 heterocycles. The third-order valence-electron chi connectivity index (χ3n) is 6.19. The molecule has 0 aliphatic carbocycles. The van der Waals surface area contributed by atoms with Gasteiger partial charge in [-0.3, -0.25) is 4.79 Å². The van der Waals surface area contributed by atoms with E-state index in [0.29, 0.717) is 36.5 Å². The summed E-state index contributed by atoms with van der Waals surface area (Å²) in [5, 5.41) is 4.91. The van der Waals surface area contributed by atoms with Crippen LogP contribution in [-0.2, 0) is 20.8 Å². The second-order valence-electron chi connectivity index (χ2n) is 8.87. The maximum atomic E-state index is 12.9. The quantitative estimate of drug-likeness (QED) is 0.326. The molecule has 0 saturated carbocycles. The summed E-state index contributed by atoms with van der Waals surface area (Å²) in [7, 11) is 0. The highest BCUT2D eigenvalue weighted by molar-refractivity contribution is 6.33. The fourth-order valence-corrected chi connectivity index (χ4v) is 4.61. The number of cyclic esters (lactones) is 1. The Balaban J connectivity index is 1.82. The zero-order chi connectivity index (χ0) is 23.6. The van der Waals surface area contributed by atoms with Gasteiger partial charge in [0.1, 0.15) is 0 Å². The predicted molar refractivity (Wildman–Crippen MR) is 131 cm³/mol. The summed E-state index contributed by atoms with van der Waals surface area (Å²) in [4.78, 5) is 32.7. The van der Waals surface area contributed by atoms with Crippen LogP contribution in [-0.4, -0.2) is 48.8 Å². The lowest BCUT2D eigenvalue weighted by Gasteiger charge is -2.26. The van der Waals surface area contributed by atoms with Gasteiger partial charge in [0.15, 0.2) is 6.61 Å². The molecule has 0 spiro atoms. The molecule has 6 nitrogen and oxygen atoms in total. The number of halogens is 1. The summed E-state index contributed by atoms with van der Waals surface area (Å²) >= 11 is 6.68. The smallest absolute Gasteiger partial charge is 0.338 e. The van der Waals surface area contributed by atoms with Crippen LogP contribution < -0.4 is 0 Å². The normalized spacial score (nSPS) is 20.5. The number of carbonyl (C=O) groups is 2. The molecule has 0 atom stereocenters. The zero-order valence-electron chi connectivity index (χ0n) is 19.8. The lowest BCUT2D eigenvalue weighted by Crippen LogP contribution is -2.37. The number of benzene rings is 1. The van der Waals surface area contributed by atoms with Crippen LogP contribution in [0.5, 0.6) is 0 Å². The Hall–Kier alpha value is -2.34. The molecule has 2 aliphatic heterocycles. The van der Waals surface area contributed by atoms with Crippen molar-refractivity contribution in [1.82, 2.24) is 4.90 Å². The Morgan fingerprint density at radius 1 is 1.09 bits per heavy atom. The Labute approximate surface area is 201 Å². The lowest BCUT2D eigenvalue weighted by atomic mass is 9.93. The summed E-state index contributed by atoms with van der Waals surface area (Å²) in [5.74, 6) is -0.394. The molecule has 0 radical (unpaired) electrons. The Morgan fingerprint density at radius 2 is 1.85 bits per heavy atom. The van der Waals surface area contributed by atoms with E-state index < -0.39 is 0 Å². The Bertz CT molecular complexity index is 904. The number of nitrogens with zero attached hydrogens (tertiary/aromatic N) is 2. The summed E-state index contributed by atoms with van der Waals surface area (Å²) in [5.41, 5.74) is 3.74. The van der Waals surface area contributed by atoms with Gasteiger partial charge in [0, 0.05) is 24.5 Å². The van der Waals surface area contributed by atoms with Gasteiger partial charge in [-0.05, 0) is 81.9 Å². The molecule has 0 N–H and O–H groups in total. The van der Waals surface area contributed by atoms with Crippen LogP contribution in [0.3, 0.4) is 0 Å². The van der Waals surface area contributed by atoms with Crippen LogP contribution in [0.1, 0.15) is 78.4 Å². The van der Waals surface area contributed by atoms with Crippen LogP contribution in [0, 0.1) is 13.8 Å². The third kappa shape index (κ3) is 7.32. The summed E-state index contributed by atoms with van der Waals surface area (Å²) in [6.45, 7) is 5.68. The Kier molecular flexibility index (Phi) is 9.79. The number of oxime groups is 1. The molecule has 7 heteroatoms. The number of amides is 1. The molecule has 3 rings (SSSR count). The number of piperidine rings is 1. The van der Waals surface area contributed by atoms with Crippen molar-refractivity contribution in [2.24, 2.45) is 5.16 Å². The van der Waals surface area contributed by atoms with E-state index in [4.69, 9.17) is 21.2 Å². The minimum Gasteiger partial charge on any atom is -0.462 e. The van der Waals surface area contributed by atoms with Crippen LogP contribution in [0.2, 0.25) is 5.02 Å². The first-order valence-corrected chi connectivity index (χ1v) is 12.4. The highest BCUT2D eigenvalue weighted by atomic mass is 35.5. The van der Waals surface area contributed by atoms with E-state index in [2.05, 4.69) is 17.3 Å². The van der Waals surface area contributed by atoms with Gasteiger partial charge >= 0.3 is 5.97 Å². The van der Waals surface area contributed by atoms with E-state index in [1.165, 1.54) is 6.42 Å². The molecule has 1 amide bonds. The van der Waals surface area contributed by atoms with Crippen molar-refractivity contribution < 1.29 is 19.2 Å². The van der Waals surface area contributed by atoms with Crippen molar-refractivity contribution in [2.75, 3.05) is 26.3 Å². The first kappa shape index (κ1) is 25.3. The number of hydrogen-bond acceptors (Lipinski definition) is 5. The van der Waals surface area contributed by atoms with Gasteiger partial charge < -0.3 is 14.5 Å². The van der Waals surface area contributed by atoms with Gasteiger partial charge in [0.25, 0.3) is 5.91 Å². The number of hydrogen-bond donors (Lipinski definition) is 0. The van der Waals surface area contributed by atoms with Crippen LogP contribution in [0.4, 0.5) is 0 Å². The average Bonchev–Trinajstić information content (AvgIpc) is 2.80. The average molecular weight is 475 g/mol. The summed E-state index contributed by atoms with van der Waals surface area (Å²) < 4.78 is 5.53. The van der Waals surface area contributed by atoms with Crippen molar-refractivity contribution in [2.45, 2.75) is 71.6 Å². The van der Waals surface area contributed by atoms with E-state index >= 15 is 0 Å². The van der Waals surface area contributed by atoms with Gasteiger partial charge in [0.2, 0.25) is 0 Å². The maximum Gasteiger partial charge on any atom is 0.338 e. The molecule has 0 unspecified atom stereocenters. The third-order valence-corrected chi connectivity index (χ3v) is 6.71. The van der Waals surface area contributed by atoms with Gasteiger partial charge in [-0.25, -0.2) is 4.79 Å². The van der Waals surface area contributed by atoms with Gasteiger partial charge in [-0.1, -0.05) is 35.0 Å². The summed E-state index contributed by atoms with van der Waals surface area (Å²) in [6, 6.07) is 1.91. The van der Waals surface area contributed by atoms with Crippen LogP contribution in [0.25, 0.3) is 0 Å². The molecule has 180 valence electrons. The molecule has 1 aromatic carbocycles. The number of carbonyl (C=O) groups excluding carboxylic acids is 2. The van der Waals surface area contributed by atoms with Crippen LogP contribution in [0.15, 0.2) is 23.4 Å². The van der Waals surface area contributed by atoms with E-state index in [-0.39, 0.29) is 18.5 Å². The second-order valence-corrected chi connectivity index (χ2v) is 9.25. The number of esters is 1. The highest BCUT2D eigenvalue weighted by Crippen LogP contribution is 2.29. The van der Waals surface area contributed by atoms with E-state index in [0.717, 1.165) is 67.6 Å². The molecule has 33 heavy (non-hydrogen) atoms. The first-order valence-electron chi connectivity index (χ1n) is 12.0. The molecular weight excluding hydrogens is 440 g/mol. The lowest BCUT2D eigenvalue weighted by molar-refractivity contribution is -0.137. The number of aryl methyl sites for hydroxylation is 2. The van der Waals surface area contributed by atoms with Gasteiger partial charge in [0.05, 0.1) is 17.9 Å². The summed E-state index contributed by atoms with van der Waals surface area (Å²) in [6.07, 6.45) is 12.2. The monoisotopic (exact) mass is 474 g/mol. The van der Waals surface area contributed by atoms with E-state index in [1.807, 2.05) is 24.8 Å². The predicted octanol–water partition coefficient (Wildman–Crippen LogP) is 5.56. The van der Waals surface area contributed by atoms with Crippen molar-refractivity contribution in [3.63, 3.8) is 0 Å². The molecule has 1 fully saturated rings. The number of ether oxygens (including phenoxy) is 1. The van der Waals surface area contributed by atoms with E-state index in [1.54, 1.807) is 0 Å². The SMILES string of the molecule is Cc1cc(C)c2c(c1Cl)CC(=NOCC(=O)N1CCCCC1)CCCC/C=C/CCOC2=O. The van der Waals surface area contributed by atoms with E-state index in [9.17, 15) is 9.59 Å². The number of fused-ring (bicyclic) bond motifs is 1. The van der Waals surface area contributed by atoms with Crippen LogP contribution >= 0.6 is 11.6 Å². The fourth-order valence-electron chi connectivity index (χ4n) is 4.40. The van der Waals surface area contributed by atoms with Crippen molar-refractivity contribution in [3.8, 4) is 0 Å². The van der Waals surface area contributed by atoms with Crippen molar-refractivity contribution in [3.05, 3.63) is 45.5 Å². The fraction of sp³-hybridized carbons (Fsp3) is 0.577. The van der Waals surface area contributed by atoms with Gasteiger partial charge in [-0.2, -0.15) is 0 Å². The van der Waals surface area contributed by atoms with Crippen molar-refractivity contribution >= 4 is 29.2 Å². The van der Waals surface area contributed by atoms with Gasteiger partial charge in [-0.15, -0.1) is 0 Å². The molecule has 2 aliphatic rings. The standard InChI is InChI=1S/C26H35ClN2O4/c1-19-16-20(2)25(27)22-17-21(28-33-18-23(30)29-13-9-7-10-14-29)12-8-5-3-4-6-11-15-32-26(31)24(19)22/h4,6,16H,3,5,7-15,17-18H2,1-2H3/b6-4+,28-21?. The highest BCUT2D eigenvalue weighted by Gasteiger charge is 2.22. The molecular formula is C26H35ClN2O4. The zero-order valence-corrected chi connectivity index (χ0v) is 20.6. The minimum atomic E-state index is -0.365. The first-order chi connectivity index (χ1) is 16.0. The number of allylic oxidation sites excluding steroid dienone is 1. The number of rotatable bonds is 3. The maximum absolute atomic E-state index is 12.9. The molecule has 0 bridgehead atoms. The molecule has 1 aromatic rings. The molecule has 1 saturated heterocycles.